The number of benzene rings is 1. The second-order valence-electron chi connectivity index (χ2n) is 5.10. The van der Waals surface area contributed by atoms with Crippen LogP contribution in [0.4, 0.5) is 11.4 Å². The number of anilines is 2. The summed E-state index contributed by atoms with van der Waals surface area (Å²) in [7, 11) is 0. The van der Waals surface area contributed by atoms with E-state index in [4.69, 9.17) is 10.2 Å². The summed E-state index contributed by atoms with van der Waals surface area (Å²) in [5.74, 6) is 0.244. The molecule has 0 aliphatic carbocycles. The normalized spacial score (nSPS) is 15.3. The maximum atomic E-state index is 12.3. The monoisotopic (exact) mass is 286 g/mol. The quantitative estimate of drug-likeness (QED) is 0.847. The lowest BCUT2D eigenvalue weighted by molar-refractivity contribution is 0.0714. The number of oxazole rings is 1. The third-order valence-electron chi connectivity index (χ3n) is 3.78. The van der Waals surface area contributed by atoms with Gasteiger partial charge in [-0.1, -0.05) is 12.1 Å². The predicted octanol–water partition coefficient (Wildman–Crippen LogP) is 1.53. The lowest BCUT2D eigenvalue weighted by atomic mass is 10.2. The number of piperazine rings is 1. The van der Waals surface area contributed by atoms with E-state index in [1.54, 1.807) is 11.8 Å². The summed E-state index contributed by atoms with van der Waals surface area (Å²) in [5.41, 5.74) is 8.43. The van der Waals surface area contributed by atoms with Gasteiger partial charge in [-0.2, -0.15) is 0 Å². The number of nitrogens with zero attached hydrogens (tertiary/aromatic N) is 3. The van der Waals surface area contributed by atoms with Crippen molar-refractivity contribution in [2.45, 2.75) is 6.92 Å². The molecule has 0 radical (unpaired) electrons. The fraction of sp³-hybridized carbons (Fsp3) is 0.333. The van der Waals surface area contributed by atoms with Crippen LogP contribution in [0.1, 0.15) is 16.2 Å². The van der Waals surface area contributed by atoms with E-state index >= 15 is 0 Å². The highest BCUT2D eigenvalue weighted by atomic mass is 16.3. The lowest BCUT2D eigenvalue weighted by Gasteiger charge is -2.36. The van der Waals surface area contributed by atoms with Crippen LogP contribution >= 0.6 is 0 Å². The minimum absolute atomic E-state index is 0.0920. The van der Waals surface area contributed by atoms with E-state index in [0.29, 0.717) is 24.5 Å². The minimum Gasteiger partial charge on any atom is -0.438 e. The summed E-state index contributed by atoms with van der Waals surface area (Å²) >= 11 is 0. The molecule has 3 rings (SSSR count). The Morgan fingerprint density at radius 1 is 1.24 bits per heavy atom. The zero-order chi connectivity index (χ0) is 14.8. The third-order valence-corrected chi connectivity index (χ3v) is 3.78. The molecule has 2 aromatic rings. The molecule has 21 heavy (non-hydrogen) atoms. The van der Waals surface area contributed by atoms with Gasteiger partial charge in [0.05, 0.1) is 17.1 Å². The van der Waals surface area contributed by atoms with Crippen molar-refractivity contribution in [1.82, 2.24) is 9.88 Å². The van der Waals surface area contributed by atoms with Crippen molar-refractivity contribution in [3.8, 4) is 0 Å². The Balaban J connectivity index is 1.67. The maximum absolute atomic E-state index is 12.3. The van der Waals surface area contributed by atoms with E-state index in [0.717, 1.165) is 24.5 Å². The highest BCUT2D eigenvalue weighted by Crippen LogP contribution is 2.24. The first-order valence-corrected chi connectivity index (χ1v) is 6.95. The highest BCUT2D eigenvalue weighted by Gasteiger charge is 2.26. The molecule has 0 saturated carbocycles. The number of carbonyl (C=O) groups excluding carboxylic acids is 1. The van der Waals surface area contributed by atoms with Gasteiger partial charge in [0.25, 0.3) is 5.91 Å². The van der Waals surface area contributed by atoms with Crippen LogP contribution in [-0.2, 0) is 0 Å². The average molecular weight is 286 g/mol. The Morgan fingerprint density at radius 3 is 2.57 bits per heavy atom. The van der Waals surface area contributed by atoms with Crippen molar-refractivity contribution in [2.75, 3.05) is 36.8 Å². The summed E-state index contributed by atoms with van der Waals surface area (Å²) < 4.78 is 5.17. The van der Waals surface area contributed by atoms with E-state index in [1.165, 1.54) is 6.39 Å². The van der Waals surface area contributed by atoms with Gasteiger partial charge in [0.15, 0.2) is 6.39 Å². The van der Waals surface area contributed by atoms with Gasteiger partial charge in [-0.3, -0.25) is 4.79 Å². The number of aryl methyl sites for hydroxylation is 1. The molecular weight excluding hydrogens is 268 g/mol. The number of rotatable bonds is 2. The number of nitrogen functional groups attached to an aromatic ring is 1. The van der Waals surface area contributed by atoms with Crippen molar-refractivity contribution in [1.29, 1.82) is 0 Å². The van der Waals surface area contributed by atoms with Crippen LogP contribution < -0.4 is 10.6 Å². The van der Waals surface area contributed by atoms with Crippen LogP contribution in [0.25, 0.3) is 0 Å². The largest absolute Gasteiger partial charge is 0.438 e. The molecule has 2 N–H and O–H groups in total. The fourth-order valence-electron chi connectivity index (χ4n) is 2.58. The van der Waals surface area contributed by atoms with Gasteiger partial charge in [0.1, 0.15) is 0 Å². The Kier molecular flexibility index (Phi) is 3.51. The second kappa shape index (κ2) is 5.47. The van der Waals surface area contributed by atoms with Crippen molar-refractivity contribution >= 4 is 17.3 Å². The summed E-state index contributed by atoms with van der Waals surface area (Å²) in [6.07, 6.45) is 1.31. The molecule has 1 aromatic heterocycles. The van der Waals surface area contributed by atoms with Crippen LogP contribution in [0.3, 0.4) is 0 Å². The standard InChI is InChI=1S/C15H18N4O2/c1-11-14(21-10-17-11)15(20)19-8-6-18(7-9-19)13-5-3-2-4-12(13)16/h2-5,10H,6-9,16H2,1H3. The minimum atomic E-state index is -0.0920. The molecule has 6 nitrogen and oxygen atoms in total. The Bertz CT molecular complexity index is 645. The summed E-state index contributed by atoms with van der Waals surface area (Å²) in [6, 6.07) is 7.80. The number of hydrogen-bond donors (Lipinski definition) is 1. The molecule has 0 unspecified atom stereocenters. The van der Waals surface area contributed by atoms with Gasteiger partial charge in [-0.05, 0) is 19.1 Å². The lowest BCUT2D eigenvalue weighted by Crippen LogP contribution is -2.49. The highest BCUT2D eigenvalue weighted by molar-refractivity contribution is 5.92. The Labute approximate surface area is 123 Å². The molecule has 6 heteroatoms. The van der Waals surface area contributed by atoms with Gasteiger partial charge in [-0.25, -0.2) is 4.98 Å². The zero-order valence-electron chi connectivity index (χ0n) is 12.0. The van der Waals surface area contributed by atoms with Crippen LogP contribution in [0.15, 0.2) is 35.1 Å². The van der Waals surface area contributed by atoms with Crippen molar-refractivity contribution < 1.29 is 9.21 Å². The summed E-state index contributed by atoms with van der Waals surface area (Å²) in [4.78, 5) is 20.3. The Hall–Kier alpha value is -2.50. The fourth-order valence-corrected chi connectivity index (χ4v) is 2.58. The average Bonchev–Trinajstić information content (AvgIpc) is 2.93. The smallest absolute Gasteiger partial charge is 0.291 e. The van der Waals surface area contributed by atoms with Crippen molar-refractivity contribution in [3.05, 3.63) is 42.1 Å². The zero-order valence-corrected chi connectivity index (χ0v) is 12.0. The van der Waals surface area contributed by atoms with Crippen molar-refractivity contribution in [2.24, 2.45) is 0 Å². The topological polar surface area (TPSA) is 75.6 Å². The van der Waals surface area contributed by atoms with Crippen LogP contribution in [-0.4, -0.2) is 42.0 Å². The molecule has 110 valence electrons. The number of amides is 1. The molecule has 2 heterocycles. The molecule has 1 aliphatic rings. The Morgan fingerprint density at radius 2 is 1.95 bits per heavy atom. The number of nitrogens with two attached hydrogens (primary N) is 1. The first-order chi connectivity index (χ1) is 10.2. The third kappa shape index (κ3) is 2.56. The number of carbonyl (C=O) groups is 1. The van der Waals surface area contributed by atoms with Crippen LogP contribution in [0.2, 0.25) is 0 Å². The summed E-state index contributed by atoms with van der Waals surface area (Å²) in [6.45, 7) is 4.58. The molecule has 0 bridgehead atoms. The van der Waals surface area contributed by atoms with Gasteiger partial charge in [0.2, 0.25) is 5.76 Å². The maximum Gasteiger partial charge on any atom is 0.291 e. The molecule has 1 fully saturated rings. The number of hydrogen-bond acceptors (Lipinski definition) is 5. The van der Waals surface area contributed by atoms with Gasteiger partial charge >= 0.3 is 0 Å². The first kappa shape index (κ1) is 13.5. The molecule has 0 spiro atoms. The number of aromatic nitrogens is 1. The van der Waals surface area contributed by atoms with E-state index in [-0.39, 0.29) is 5.91 Å². The second-order valence-corrected chi connectivity index (χ2v) is 5.10. The van der Waals surface area contributed by atoms with Gasteiger partial charge in [0, 0.05) is 26.2 Å². The molecule has 1 aliphatic heterocycles. The molecular formula is C15H18N4O2. The SMILES string of the molecule is Cc1ncoc1C(=O)N1CCN(c2ccccc2N)CC1. The van der Waals surface area contributed by atoms with Crippen LogP contribution in [0.5, 0.6) is 0 Å². The molecule has 1 saturated heterocycles. The van der Waals surface area contributed by atoms with E-state index in [9.17, 15) is 4.79 Å². The molecule has 1 amide bonds. The van der Waals surface area contributed by atoms with Crippen molar-refractivity contribution in [3.63, 3.8) is 0 Å². The van der Waals surface area contributed by atoms with E-state index in [1.807, 2.05) is 24.3 Å². The van der Waals surface area contributed by atoms with E-state index < -0.39 is 0 Å². The van der Waals surface area contributed by atoms with E-state index in [2.05, 4.69) is 9.88 Å². The molecule has 1 aromatic carbocycles. The predicted molar refractivity (Wildman–Crippen MR) is 80.2 cm³/mol. The first-order valence-electron chi connectivity index (χ1n) is 6.95. The molecule has 0 atom stereocenters. The van der Waals surface area contributed by atoms with Crippen LogP contribution in [0, 0.1) is 6.92 Å². The van der Waals surface area contributed by atoms with Gasteiger partial charge < -0.3 is 20.0 Å². The van der Waals surface area contributed by atoms with Gasteiger partial charge in [-0.15, -0.1) is 0 Å². The number of para-hydroxylation sites is 2. The summed E-state index contributed by atoms with van der Waals surface area (Å²) in [5, 5.41) is 0.